The van der Waals surface area contributed by atoms with Gasteiger partial charge in [0.15, 0.2) is 0 Å². The summed E-state index contributed by atoms with van der Waals surface area (Å²) in [5, 5.41) is 0.871. The quantitative estimate of drug-likeness (QED) is 0.519. The lowest BCUT2D eigenvalue weighted by atomic mass is 10.3. The van der Waals surface area contributed by atoms with Gasteiger partial charge in [0.05, 0.1) is 13.0 Å². The number of hydrogen-bond donors (Lipinski definition) is 0. The summed E-state index contributed by atoms with van der Waals surface area (Å²) in [4.78, 5) is 0. The van der Waals surface area contributed by atoms with Crippen molar-refractivity contribution in [2.24, 2.45) is 0 Å². The van der Waals surface area contributed by atoms with E-state index in [2.05, 4.69) is 15.9 Å². The van der Waals surface area contributed by atoms with Crippen molar-refractivity contribution in [2.75, 3.05) is 18.5 Å². The topological polar surface area (TPSA) is 9.23 Å². The van der Waals surface area contributed by atoms with Gasteiger partial charge < -0.3 is 4.74 Å². The minimum atomic E-state index is -4.09. The third kappa shape index (κ3) is 10.2. The predicted octanol–water partition coefficient (Wildman–Crippen LogP) is 3.13. The van der Waals surface area contributed by atoms with Crippen LogP contribution >= 0.6 is 15.9 Å². The Hall–Kier alpha value is 0.230. The molecular weight excluding hydrogens is 237 g/mol. The van der Waals surface area contributed by atoms with Gasteiger partial charge in [0, 0.05) is 11.9 Å². The average molecular weight is 249 g/mol. The van der Waals surface area contributed by atoms with E-state index in [4.69, 9.17) is 4.74 Å². The van der Waals surface area contributed by atoms with Crippen LogP contribution in [0.25, 0.3) is 0 Å². The van der Waals surface area contributed by atoms with Crippen LogP contribution in [0.4, 0.5) is 13.2 Å². The largest absolute Gasteiger partial charge is 0.391 e. The van der Waals surface area contributed by atoms with Crippen LogP contribution in [0.15, 0.2) is 0 Å². The molecule has 0 heterocycles. The van der Waals surface area contributed by atoms with E-state index in [1.807, 2.05) is 0 Å². The van der Waals surface area contributed by atoms with Gasteiger partial charge in [-0.05, 0) is 12.8 Å². The maximum absolute atomic E-state index is 11.5. The second-order valence-corrected chi connectivity index (χ2v) is 3.17. The summed E-state index contributed by atoms with van der Waals surface area (Å²) in [7, 11) is 0. The summed E-state index contributed by atoms with van der Waals surface area (Å²) in [6, 6.07) is 0. The van der Waals surface area contributed by atoms with Gasteiger partial charge in [-0.1, -0.05) is 15.9 Å². The van der Waals surface area contributed by atoms with Gasteiger partial charge in [0.25, 0.3) is 0 Å². The van der Waals surface area contributed by atoms with Gasteiger partial charge in [-0.15, -0.1) is 0 Å². The van der Waals surface area contributed by atoms with Crippen molar-refractivity contribution in [1.82, 2.24) is 0 Å². The van der Waals surface area contributed by atoms with Crippen LogP contribution in [0.5, 0.6) is 0 Å². The zero-order valence-corrected chi connectivity index (χ0v) is 8.25. The fourth-order valence-electron chi connectivity index (χ4n) is 0.589. The number of unbranched alkanes of at least 4 members (excludes halogenated alkanes) is 1. The smallest absolute Gasteiger partial charge is 0.381 e. The molecule has 0 aliphatic rings. The van der Waals surface area contributed by atoms with E-state index < -0.39 is 12.6 Å². The summed E-state index contributed by atoms with van der Waals surface area (Å²) < 4.78 is 39.4. The molecule has 0 rings (SSSR count). The molecule has 0 atom stereocenters. The van der Waals surface area contributed by atoms with Crippen molar-refractivity contribution >= 4 is 15.9 Å². The van der Waals surface area contributed by atoms with Crippen LogP contribution in [0.3, 0.4) is 0 Å². The number of hydrogen-bond acceptors (Lipinski definition) is 1. The molecule has 74 valence electrons. The van der Waals surface area contributed by atoms with Crippen LogP contribution in [-0.2, 0) is 4.74 Å². The lowest BCUT2D eigenvalue weighted by Gasteiger charge is -2.06. The van der Waals surface area contributed by atoms with Gasteiger partial charge >= 0.3 is 6.18 Å². The first-order valence-electron chi connectivity index (χ1n) is 3.77. The van der Waals surface area contributed by atoms with E-state index in [1.54, 1.807) is 0 Å². The molecule has 0 aromatic heterocycles. The minimum Gasteiger partial charge on any atom is -0.381 e. The van der Waals surface area contributed by atoms with E-state index in [-0.39, 0.29) is 6.61 Å². The first kappa shape index (κ1) is 12.2. The molecule has 12 heavy (non-hydrogen) atoms. The van der Waals surface area contributed by atoms with Crippen LogP contribution in [0.1, 0.15) is 19.3 Å². The monoisotopic (exact) mass is 248 g/mol. The Labute approximate surface area is 78.4 Å². The molecule has 0 aromatic carbocycles. The zero-order chi connectivity index (χ0) is 9.45. The van der Waals surface area contributed by atoms with Crippen LogP contribution in [0.2, 0.25) is 0 Å². The minimum absolute atomic E-state index is 0.216. The van der Waals surface area contributed by atoms with Crippen LogP contribution < -0.4 is 0 Å². The highest BCUT2D eigenvalue weighted by Crippen LogP contribution is 2.18. The van der Waals surface area contributed by atoms with Gasteiger partial charge in [-0.3, -0.25) is 0 Å². The molecule has 0 spiro atoms. The van der Waals surface area contributed by atoms with Crippen molar-refractivity contribution in [3.63, 3.8) is 0 Å². The molecule has 0 saturated heterocycles. The third-order valence-electron chi connectivity index (χ3n) is 1.20. The Kier molecular flexibility index (Phi) is 6.84. The van der Waals surface area contributed by atoms with Crippen molar-refractivity contribution in [3.8, 4) is 0 Å². The average Bonchev–Trinajstić information content (AvgIpc) is 1.94. The van der Waals surface area contributed by atoms with E-state index in [0.29, 0.717) is 6.61 Å². The summed E-state index contributed by atoms with van der Waals surface area (Å²) >= 11 is 3.21. The first-order valence-corrected chi connectivity index (χ1v) is 4.89. The Morgan fingerprint density at radius 2 is 1.75 bits per heavy atom. The maximum atomic E-state index is 11.5. The van der Waals surface area contributed by atoms with Gasteiger partial charge in [0.2, 0.25) is 0 Å². The molecule has 5 heteroatoms. The fraction of sp³-hybridized carbons (Fsp3) is 1.00. The first-order chi connectivity index (χ1) is 5.56. The molecule has 0 aliphatic heterocycles. The van der Waals surface area contributed by atoms with Gasteiger partial charge in [0.1, 0.15) is 0 Å². The highest BCUT2D eigenvalue weighted by molar-refractivity contribution is 9.09. The molecule has 1 nitrogen and oxygen atoms in total. The van der Waals surface area contributed by atoms with E-state index in [9.17, 15) is 13.2 Å². The molecule has 0 N–H and O–H groups in total. The second-order valence-electron chi connectivity index (χ2n) is 2.37. The number of halogens is 4. The molecule has 0 aliphatic carbocycles. The van der Waals surface area contributed by atoms with E-state index in [0.717, 1.165) is 18.2 Å². The number of ether oxygens (including phenoxy) is 1. The molecule has 0 saturated carbocycles. The molecule has 0 radical (unpaired) electrons. The normalized spacial score (nSPS) is 12.0. The van der Waals surface area contributed by atoms with Gasteiger partial charge in [-0.25, -0.2) is 0 Å². The molecule has 0 amide bonds. The standard InChI is InChI=1S/C7H12BrF3O/c8-4-1-2-5-12-6-3-7(9,10)11/h1-6H2. The SMILES string of the molecule is FC(F)(F)CCOCCCCBr. The Bertz CT molecular complexity index is 105. The van der Waals surface area contributed by atoms with Crippen molar-refractivity contribution in [1.29, 1.82) is 0 Å². The van der Waals surface area contributed by atoms with E-state index >= 15 is 0 Å². The number of alkyl halides is 4. The lowest BCUT2D eigenvalue weighted by molar-refractivity contribution is -0.145. The molecule has 0 bridgehead atoms. The van der Waals surface area contributed by atoms with Crippen LogP contribution in [-0.4, -0.2) is 24.7 Å². The van der Waals surface area contributed by atoms with Crippen molar-refractivity contribution in [3.05, 3.63) is 0 Å². The zero-order valence-electron chi connectivity index (χ0n) is 6.66. The van der Waals surface area contributed by atoms with Crippen molar-refractivity contribution in [2.45, 2.75) is 25.4 Å². The number of rotatable bonds is 6. The third-order valence-corrected chi connectivity index (χ3v) is 1.76. The molecule has 0 unspecified atom stereocenters. The Balaban J connectivity index is 3.01. The Morgan fingerprint density at radius 1 is 1.08 bits per heavy atom. The highest BCUT2D eigenvalue weighted by Gasteiger charge is 2.26. The molecule has 0 aromatic rings. The van der Waals surface area contributed by atoms with Crippen molar-refractivity contribution < 1.29 is 17.9 Å². The molecular formula is C7H12BrF3O. The summed E-state index contributed by atoms with van der Waals surface area (Å²) in [5.74, 6) is 0. The highest BCUT2D eigenvalue weighted by atomic mass is 79.9. The molecule has 0 fully saturated rings. The predicted molar refractivity (Wildman–Crippen MR) is 44.5 cm³/mol. The maximum Gasteiger partial charge on any atom is 0.391 e. The van der Waals surface area contributed by atoms with Gasteiger partial charge in [-0.2, -0.15) is 13.2 Å². The van der Waals surface area contributed by atoms with Crippen LogP contribution in [0, 0.1) is 0 Å². The van der Waals surface area contributed by atoms with E-state index in [1.165, 1.54) is 0 Å². The summed E-state index contributed by atoms with van der Waals surface area (Å²) in [5.41, 5.74) is 0. The summed E-state index contributed by atoms with van der Waals surface area (Å²) in [6.45, 7) is 0.202. The fourth-order valence-corrected chi connectivity index (χ4v) is 0.985. The second kappa shape index (κ2) is 6.71. The summed E-state index contributed by atoms with van der Waals surface area (Å²) in [6.07, 6.45) is -3.19. The Morgan fingerprint density at radius 3 is 2.25 bits per heavy atom. The lowest BCUT2D eigenvalue weighted by Crippen LogP contribution is -2.11.